The Morgan fingerprint density at radius 3 is 2.80 bits per heavy atom. The molecule has 1 saturated carbocycles. The van der Waals surface area contributed by atoms with Gasteiger partial charge in [0.05, 0.1) is 10.4 Å². The molecule has 0 aliphatic heterocycles. The summed E-state index contributed by atoms with van der Waals surface area (Å²) in [5.74, 6) is 1.77. The Bertz CT molecular complexity index is 617. The van der Waals surface area contributed by atoms with Gasteiger partial charge in [0.2, 0.25) is 0 Å². The van der Waals surface area contributed by atoms with Gasteiger partial charge in [-0.2, -0.15) is 0 Å². The summed E-state index contributed by atoms with van der Waals surface area (Å²) in [5, 5.41) is 0.488. The van der Waals surface area contributed by atoms with Crippen molar-refractivity contribution < 1.29 is 0 Å². The summed E-state index contributed by atoms with van der Waals surface area (Å²) in [6.45, 7) is 4.18. The van der Waals surface area contributed by atoms with Crippen molar-refractivity contribution in [1.82, 2.24) is 14.5 Å². The van der Waals surface area contributed by atoms with Crippen LogP contribution in [0.15, 0.2) is 12.3 Å². The number of fused-ring (bicyclic) bond motifs is 1. The zero-order valence-electron chi connectivity index (χ0n) is 11.8. The van der Waals surface area contributed by atoms with Crippen molar-refractivity contribution in [3.05, 3.63) is 23.1 Å². The van der Waals surface area contributed by atoms with Crippen LogP contribution in [0.1, 0.15) is 56.8 Å². The number of imidazole rings is 1. The number of aromatic nitrogens is 3. The van der Waals surface area contributed by atoms with E-state index in [2.05, 4.69) is 21.5 Å². The molecule has 1 aliphatic rings. The summed E-state index contributed by atoms with van der Waals surface area (Å²) in [7, 11) is 0. The SMILES string of the molecule is CCC(CC1CC1)n1c(C(C)Cl)nc2cc(Cl)cnc21. The maximum Gasteiger partial charge on any atom is 0.160 e. The Morgan fingerprint density at radius 1 is 1.45 bits per heavy atom. The van der Waals surface area contributed by atoms with E-state index in [0.29, 0.717) is 11.1 Å². The molecule has 1 fully saturated rings. The Morgan fingerprint density at radius 2 is 2.20 bits per heavy atom. The lowest BCUT2D eigenvalue weighted by molar-refractivity contribution is 0.423. The second kappa shape index (κ2) is 5.53. The summed E-state index contributed by atoms with van der Waals surface area (Å²) in [6, 6.07) is 2.30. The number of rotatable bonds is 5. The molecule has 0 radical (unpaired) electrons. The molecule has 0 N–H and O–H groups in total. The van der Waals surface area contributed by atoms with E-state index in [4.69, 9.17) is 23.2 Å². The summed E-state index contributed by atoms with van der Waals surface area (Å²) in [4.78, 5) is 9.14. The molecule has 2 aromatic rings. The summed E-state index contributed by atoms with van der Waals surface area (Å²) >= 11 is 12.4. The van der Waals surface area contributed by atoms with Crippen LogP contribution < -0.4 is 0 Å². The van der Waals surface area contributed by atoms with Gasteiger partial charge in [0.1, 0.15) is 11.3 Å². The van der Waals surface area contributed by atoms with Gasteiger partial charge in [-0.1, -0.05) is 31.4 Å². The zero-order valence-corrected chi connectivity index (χ0v) is 13.3. The second-order valence-corrected chi connectivity index (χ2v) is 6.78. The highest BCUT2D eigenvalue weighted by Crippen LogP contribution is 2.40. The molecule has 2 heterocycles. The molecule has 1 aliphatic carbocycles. The standard InChI is InChI=1S/C15H19Cl2N3/c1-3-12(6-10-4-5-10)20-14(9(2)16)19-13-7-11(17)8-18-15(13)20/h7-10,12H,3-6H2,1-2H3. The molecule has 20 heavy (non-hydrogen) atoms. The fourth-order valence-electron chi connectivity index (χ4n) is 2.81. The lowest BCUT2D eigenvalue weighted by atomic mass is 10.1. The van der Waals surface area contributed by atoms with Crippen LogP contribution in [0.2, 0.25) is 5.02 Å². The van der Waals surface area contributed by atoms with Gasteiger partial charge in [0.15, 0.2) is 5.65 Å². The fourth-order valence-corrected chi connectivity index (χ4v) is 3.11. The van der Waals surface area contributed by atoms with Crippen molar-refractivity contribution >= 4 is 34.4 Å². The van der Waals surface area contributed by atoms with Gasteiger partial charge in [-0.3, -0.25) is 0 Å². The predicted molar refractivity (Wildman–Crippen MR) is 83.5 cm³/mol. The molecule has 0 bridgehead atoms. The summed E-state index contributed by atoms with van der Waals surface area (Å²) < 4.78 is 2.24. The van der Waals surface area contributed by atoms with Crippen LogP contribution in [0.3, 0.4) is 0 Å². The summed E-state index contributed by atoms with van der Waals surface area (Å²) in [6.07, 6.45) is 6.67. The molecule has 5 heteroatoms. The topological polar surface area (TPSA) is 30.7 Å². The van der Waals surface area contributed by atoms with Crippen molar-refractivity contribution in [1.29, 1.82) is 0 Å². The van der Waals surface area contributed by atoms with Crippen LogP contribution in [0, 0.1) is 5.92 Å². The van der Waals surface area contributed by atoms with E-state index in [1.54, 1.807) is 6.20 Å². The van der Waals surface area contributed by atoms with Crippen LogP contribution in [0.5, 0.6) is 0 Å². The van der Waals surface area contributed by atoms with E-state index in [0.717, 1.165) is 29.3 Å². The first-order valence-corrected chi connectivity index (χ1v) is 8.09. The lowest BCUT2D eigenvalue weighted by Crippen LogP contribution is -2.13. The molecular formula is C15H19Cl2N3. The monoisotopic (exact) mass is 311 g/mol. The van der Waals surface area contributed by atoms with E-state index >= 15 is 0 Å². The van der Waals surface area contributed by atoms with Crippen molar-refractivity contribution in [2.75, 3.05) is 0 Å². The number of halogens is 2. The first kappa shape index (κ1) is 14.2. The zero-order chi connectivity index (χ0) is 14.3. The van der Waals surface area contributed by atoms with E-state index < -0.39 is 0 Å². The maximum absolute atomic E-state index is 6.33. The highest BCUT2D eigenvalue weighted by molar-refractivity contribution is 6.31. The van der Waals surface area contributed by atoms with Gasteiger partial charge in [0.25, 0.3) is 0 Å². The normalized spacial score (nSPS) is 18.4. The van der Waals surface area contributed by atoms with E-state index in [-0.39, 0.29) is 5.38 Å². The van der Waals surface area contributed by atoms with Gasteiger partial charge < -0.3 is 4.57 Å². The minimum atomic E-state index is -0.128. The maximum atomic E-state index is 6.33. The first-order chi connectivity index (χ1) is 9.60. The molecule has 108 valence electrons. The van der Waals surface area contributed by atoms with Crippen LogP contribution in [-0.2, 0) is 0 Å². The molecule has 0 saturated heterocycles. The smallest absolute Gasteiger partial charge is 0.160 e. The highest BCUT2D eigenvalue weighted by Gasteiger charge is 2.28. The Balaban J connectivity index is 2.11. The molecule has 2 atom stereocenters. The molecule has 3 rings (SSSR count). The minimum Gasteiger partial charge on any atom is -0.308 e. The van der Waals surface area contributed by atoms with Crippen molar-refractivity contribution in [2.45, 2.75) is 50.9 Å². The number of pyridine rings is 1. The van der Waals surface area contributed by atoms with E-state index in [9.17, 15) is 0 Å². The largest absolute Gasteiger partial charge is 0.308 e. The molecule has 2 unspecified atom stereocenters. The average molecular weight is 312 g/mol. The second-order valence-electron chi connectivity index (χ2n) is 5.69. The number of alkyl halides is 1. The van der Waals surface area contributed by atoms with Gasteiger partial charge in [-0.25, -0.2) is 9.97 Å². The third kappa shape index (κ3) is 2.66. The van der Waals surface area contributed by atoms with E-state index in [1.807, 2.05) is 13.0 Å². The molecule has 3 nitrogen and oxygen atoms in total. The Labute approximate surface area is 129 Å². The first-order valence-electron chi connectivity index (χ1n) is 7.27. The Hall–Kier alpha value is -0.800. The van der Waals surface area contributed by atoms with Gasteiger partial charge in [-0.05, 0) is 31.7 Å². The van der Waals surface area contributed by atoms with Gasteiger partial charge in [-0.15, -0.1) is 11.6 Å². The predicted octanol–water partition coefficient (Wildman–Crippen LogP) is 5.14. The summed E-state index contributed by atoms with van der Waals surface area (Å²) in [5.41, 5.74) is 1.75. The molecular weight excluding hydrogens is 293 g/mol. The number of hydrogen-bond acceptors (Lipinski definition) is 2. The Kier molecular flexibility index (Phi) is 3.91. The minimum absolute atomic E-state index is 0.128. The highest BCUT2D eigenvalue weighted by atomic mass is 35.5. The van der Waals surface area contributed by atoms with Crippen LogP contribution in [-0.4, -0.2) is 14.5 Å². The van der Waals surface area contributed by atoms with Gasteiger partial charge in [0, 0.05) is 12.2 Å². The average Bonchev–Trinajstić information content (AvgIpc) is 3.15. The van der Waals surface area contributed by atoms with E-state index in [1.165, 1.54) is 19.3 Å². The fraction of sp³-hybridized carbons (Fsp3) is 0.600. The van der Waals surface area contributed by atoms with Crippen molar-refractivity contribution in [3.8, 4) is 0 Å². The van der Waals surface area contributed by atoms with Crippen molar-refractivity contribution in [2.24, 2.45) is 5.92 Å². The molecule has 0 aromatic carbocycles. The molecule has 0 amide bonds. The lowest BCUT2D eigenvalue weighted by Gasteiger charge is -2.20. The third-order valence-corrected chi connectivity index (χ3v) is 4.42. The quantitative estimate of drug-likeness (QED) is 0.716. The van der Waals surface area contributed by atoms with Crippen LogP contribution >= 0.6 is 23.2 Å². The van der Waals surface area contributed by atoms with Gasteiger partial charge >= 0.3 is 0 Å². The number of nitrogens with zero attached hydrogens (tertiary/aromatic N) is 3. The van der Waals surface area contributed by atoms with Crippen molar-refractivity contribution in [3.63, 3.8) is 0 Å². The number of hydrogen-bond donors (Lipinski definition) is 0. The third-order valence-electron chi connectivity index (χ3n) is 4.02. The van der Waals surface area contributed by atoms with Crippen LogP contribution in [0.25, 0.3) is 11.2 Å². The molecule has 2 aromatic heterocycles. The molecule has 0 spiro atoms. The van der Waals surface area contributed by atoms with Crippen LogP contribution in [0.4, 0.5) is 0 Å².